The van der Waals surface area contributed by atoms with Gasteiger partial charge >= 0.3 is 0 Å². The van der Waals surface area contributed by atoms with Gasteiger partial charge in [-0.3, -0.25) is 11.3 Å². The van der Waals surface area contributed by atoms with E-state index in [9.17, 15) is 0 Å². The molecule has 20 heavy (non-hydrogen) atoms. The van der Waals surface area contributed by atoms with Crippen molar-refractivity contribution in [3.8, 4) is 11.5 Å². The number of hydrogen-bond acceptors (Lipinski definition) is 4. The Morgan fingerprint density at radius 2 is 1.90 bits per heavy atom. The van der Waals surface area contributed by atoms with Crippen molar-refractivity contribution in [2.24, 2.45) is 11.3 Å². The van der Waals surface area contributed by atoms with Gasteiger partial charge in [0.1, 0.15) is 13.2 Å². The van der Waals surface area contributed by atoms with Crippen LogP contribution in [0, 0.1) is 5.41 Å². The van der Waals surface area contributed by atoms with E-state index >= 15 is 0 Å². The van der Waals surface area contributed by atoms with Gasteiger partial charge in [-0.05, 0) is 36.0 Å². The maximum Gasteiger partial charge on any atom is 0.161 e. The highest BCUT2D eigenvalue weighted by Gasteiger charge is 2.17. The van der Waals surface area contributed by atoms with Gasteiger partial charge in [-0.15, -0.1) is 0 Å². The summed E-state index contributed by atoms with van der Waals surface area (Å²) in [7, 11) is 0. The second-order valence-corrected chi connectivity index (χ2v) is 6.58. The van der Waals surface area contributed by atoms with Crippen molar-refractivity contribution in [3.05, 3.63) is 23.8 Å². The molecule has 1 aliphatic rings. The maximum atomic E-state index is 5.71. The van der Waals surface area contributed by atoms with Crippen LogP contribution >= 0.6 is 0 Å². The molecule has 0 saturated carbocycles. The largest absolute Gasteiger partial charge is 0.486 e. The van der Waals surface area contributed by atoms with E-state index in [0.29, 0.717) is 18.6 Å². The first-order valence-corrected chi connectivity index (χ1v) is 7.35. The van der Waals surface area contributed by atoms with E-state index in [2.05, 4.69) is 32.3 Å². The quantitative estimate of drug-likeness (QED) is 0.641. The second-order valence-electron chi connectivity index (χ2n) is 6.58. The van der Waals surface area contributed by atoms with Gasteiger partial charge in [0, 0.05) is 6.04 Å². The van der Waals surface area contributed by atoms with Crippen LogP contribution in [-0.4, -0.2) is 13.2 Å². The zero-order valence-corrected chi connectivity index (χ0v) is 12.7. The van der Waals surface area contributed by atoms with Crippen LogP contribution in [0.1, 0.15) is 51.6 Å². The first kappa shape index (κ1) is 15.1. The summed E-state index contributed by atoms with van der Waals surface area (Å²) >= 11 is 0. The molecular formula is C16H26N2O2. The molecule has 1 atom stereocenters. The fourth-order valence-corrected chi connectivity index (χ4v) is 2.46. The smallest absolute Gasteiger partial charge is 0.161 e. The minimum atomic E-state index is 0.160. The Morgan fingerprint density at radius 1 is 1.20 bits per heavy atom. The number of ether oxygens (including phenoxy) is 2. The monoisotopic (exact) mass is 278 g/mol. The first-order chi connectivity index (χ1) is 9.49. The Hall–Kier alpha value is -1.26. The molecule has 0 amide bonds. The molecule has 112 valence electrons. The molecule has 4 heteroatoms. The van der Waals surface area contributed by atoms with E-state index in [1.807, 2.05) is 12.1 Å². The molecule has 0 fully saturated rings. The molecule has 4 nitrogen and oxygen atoms in total. The van der Waals surface area contributed by atoms with E-state index < -0.39 is 0 Å². The average Bonchev–Trinajstić information content (AvgIpc) is 2.42. The van der Waals surface area contributed by atoms with Crippen molar-refractivity contribution < 1.29 is 9.47 Å². The van der Waals surface area contributed by atoms with E-state index in [4.69, 9.17) is 15.3 Å². The number of hydrazine groups is 1. The summed E-state index contributed by atoms with van der Waals surface area (Å²) in [5.41, 5.74) is 4.44. The SMILES string of the molecule is CC(C)(C)CCCC(NN)c1ccc2c(c1)OCCO2. The average molecular weight is 278 g/mol. The summed E-state index contributed by atoms with van der Waals surface area (Å²) < 4.78 is 11.2. The minimum Gasteiger partial charge on any atom is -0.486 e. The van der Waals surface area contributed by atoms with Crippen LogP contribution in [0.4, 0.5) is 0 Å². The lowest BCUT2D eigenvalue weighted by Gasteiger charge is -2.23. The molecule has 0 aromatic heterocycles. The Morgan fingerprint density at radius 3 is 2.55 bits per heavy atom. The lowest BCUT2D eigenvalue weighted by Crippen LogP contribution is -2.28. The third-order valence-corrected chi connectivity index (χ3v) is 3.59. The van der Waals surface area contributed by atoms with Gasteiger partial charge in [-0.2, -0.15) is 0 Å². The highest BCUT2D eigenvalue weighted by Crippen LogP contribution is 2.34. The molecule has 0 bridgehead atoms. The van der Waals surface area contributed by atoms with E-state index in [0.717, 1.165) is 29.9 Å². The van der Waals surface area contributed by atoms with Crippen LogP contribution in [0.2, 0.25) is 0 Å². The fraction of sp³-hybridized carbons (Fsp3) is 0.625. The molecule has 1 unspecified atom stereocenters. The van der Waals surface area contributed by atoms with Crippen molar-refractivity contribution in [2.45, 2.75) is 46.1 Å². The van der Waals surface area contributed by atoms with Gasteiger partial charge in [-0.1, -0.05) is 33.3 Å². The normalized spacial score (nSPS) is 16.0. The van der Waals surface area contributed by atoms with Crippen molar-refractivity contribution in [1.82, 2.24) is 5.43 Å². The summed E-state index contributed by atoms with van der Waals surface area (Å²) in [5, 5.41) is 0. The topological polar surface area (TPSA) is 56.5 Å². The molecule has 0 aliphatic carbocycles. The summed E-state index contributed by atoms with van der Waals surface area (Å²) in [5.74, 6) is 7.36. The fourth-order valence-electron chi connectivity index (χ4n) is 2.46. The van der Waals surface area contributed by atoms with Crippen LogP contribution in [0.3, 0.4) is 0 Å². The number of benzene rings is 1. The Labute approximate surface area is 121 Å². The zero-order valence-electron chi connectivity index (χ0n) is 12.7. The summed E-state index contributed by atoms with van der Waals surface area (Å²) in [6.45, 7) is 8.03. The molecule has 1 heterocycles. The third kappa shape index (κ3) is 4.12. The van der Waals surface area contributed by atoms with Gasteiger partial charge in [0.15, 0.2) is 11.5 Å². The standard InChI is InChI=1S/C16H26N2O2/c1-16(2,3)8-4-5-13(18-17)12-6-7-14-15(11-12)20-10-9-19-14/h6-7,11,13,18H,4-5,8-10,17H2,1-3H3. The number of fused-ring (bicyclic) bond motifs is 1. The van der Waals surface area contributed by atoms with Crippen LogP contribution in [0.25, 0.3) is 0 Å². The van der Waals surface area contributed by atoms with Gasteiger partial charge < -0.3 is 9.47 Å². The van der Waals surface area contributed by atoms with Crippen molar-refractivity contribution >= 4 is 0 Å². The lowest BCUT2D eigenvalue weighted by atomic mass is 9.88. The van der Waals surface area contributed by atoms with Crippen LogP contribution in [-0.2, 0) is 0 Å². The number of rotatable bonds is 5. The summed E-state index contributed by atoms with van der Waals surface area (Å²) in [6.07, 6.45) is 3.36. The molecule has 1 aromatic carbocycles. The molecule has 0 saturated heterocycles. The molecule has 2 rings (SSSR count). The number of nitrogens with two attached hydrogens (primary N) is 1. The molecule has 0 radical (unpaired) electrons. The second kappa shape index (κ2) is 6.46. The highest BCUT2D eigenvalue weighted by atomic mass is 16.6. The van der Waals surface area contributed by atoms with Gasteiger partial charge in [0.25, 0.3) is 0 Å². The van der Waals surface area contributed by atoms with Gasteiger partial charge in [-0.25, -0.2) is 0 Å². The minimum absolute atomic E-state index is 0.160. The van der Waals surface area contributed by atoms with Crippen molar-refractivity contribution in [3.63, 3.8) is 0 Å². The van der Waals surface area contributed by atoms with Crippen LogP contribution in [0.15, 0.2) is 18.2 Å². The molecule has 1 aromatic rings. The van der Waals surface area contributed by atoms with Crippen LogP contribution in [0.5, 0.6) is 11.5 Å². The summed E-state index contributed by atoms with van der Waals surface area (Å²) in [6, 6.07) is 6.23. The van der Waals surface area contributed by atoms with Crippen molar-refractivity contribution in [2.75, 3.05) is 13.2 Å². The molecule has 3 N–H and O–H groups in total. The molecule has 1 aliphatic heterocycles. The maximum absolute atomic E-state index is 5.71. The number of nitrogens with one attached hydrogen (secondary N) is 1. The number of hydrogen-bond donors (Lipinski definition) is 2. The van der Waals surface area contributed by atoms with Crippen LogP contribution < -0.4 is 20.7 Å². The molecule has 0 spiro atoms. The highest BCUT2D eigenvalue weighted by molar-refractivity contribution is 5.44. The van der Waals surface area contributed by atoms with Gasteiger partial charge in [0.2, 0.25) is 0 Å². The third-order valence-electron chi connectivity index (χ3n) is 3.59. The summed E-state index contributed by atoms with van der Waals surface area (Å²) in [4.78, 5) is 0. The van der Waals surface area contributed by atoms with E-state index in [-0.39, 0.29) is 6.04 Å². The van der Waals surface area contributed by atoms with Gasteiger partial charge in [0.05, 0.1) is 0 Å². The Bertz CT molecular complexity index is 441. The Balaban J connectivity index is 2.00. The first-order valence-electron chi connectivity index (χ1n) is 7.35. The zero-order chi connectivity index (χ0) is 14.6. The predicted molar refractivity (Wildman–Crippen MR) is 80.8 cm³/mol. The van der Waals surface area contributed by atoms with E-state index in [1.54, 1.807) is 0 Å². The predicted octanol–water partition coefficient (Wildman–Crippen LogP) is 3.18. The Kier molecular flexibility index (Phi) is 4.89. The van der Waals surface area contributed by atoms with E-state index in [1.165, 1.54) is 6.42 Å². The lowest BCUT2D eigenvalue weighted by molar-refractivity contribution is 0.171. The van der Waals surface area contributed by atoms with Crippen molar-refractivity contribution in [1.29, 1.82) is 0 Å². The molecular weight excluding hydrogens is 252 g/mol.